The van der Waals surface area contributed by atoms with Gasteiger partial charge in [0.05, 0.1) is 31.8 Å². The van der Waals surface area contributed by atoms with Crippen LogP contribution in [-0.4, -0.2) is 40.3 Å². The third-order valence-electron chi connectivity index (χ3n) is 5.58. The Kier molecular flexibility index (Phi) is 5.65. The van der Waals surface area contributed by atoms with Gasteiger partial charge in [0.1, 0.15) is 22.1 Å². The van der Waals surface area contributed by atoms with Crippen molar-refractivity contribution in [3.8, 4) is 16.1 Å². The first kappa shape index (κ1) is 21.6. The Labute approximate surface area is 199 Å². The van der Waals surface area contributed by atoms with E-state index < -0.39 is 0 Å². The molecular weight excluding hydrogens is 458 g/mol. The molecule has 3 heterocycles. The molecule has 0 aliphatic carbocycles. The summed E-state index contributed by atoms with van der Waals surface area (Å²) in [4.78, 5) is 24.3. The molecule has 5 rings (SSSR count). The second-order valence-corrected chi connectivity index (χ2v) is 9.51. The second-order valence-electron chi connectivity index (χ2n) is 8.02. The summed E-state index contributed by atoms with van der Waals surface area (Å²) in [7, 11) is 3.94. The van der Waals surface area contributed by atoms with Crippen molar-refractivity contribution in [1.29, 1.82) is 0 Å². The zero-order chi connectivity index (χ0) is 23.1. The van der Waals surface area contributed by atoms with Crippen LogP contribution in [0.1, 0.15) is 6.42 Å². The molecule has 9 heteroatoms. The lowest BCUT2D eigenvalue weighted by molar-refractivity contribution is -0.659. The van der Waals surface area contributed by atoms with Gasteiger partial charge in [-0.25, -0.2) is 14.5 Å². The van der Waals surface area contributed by atoms with Crippen LogP contribution in [-0.2, 0) is 6.54 Å². The molecule has 0 fully saturated rings. The topological polar surface area (TPSA) is 78.0 Å². The first-order valence-electron chi connectivity index (χ1n) is 10.6. The average Bonchev–Trinajstić information content (AvgIpc) is 3.40. The lowest BCUT2D eigenvalue weighted by Gasteiger charge is -2.08. The summed E-state index contributed by atoms with van der Waals surface area (Å²) in [6, 6.07) is 15.4. The van der Waals surface area contributed by atoms with Gasteiger partial charge in [0.25, 0.3) is 5.56 Å². The highest BCUT2D eigenvalue weighted by Gasteiger charge is 2.20. The summed E-state index contributed by atoms with van der Waals surface area (Å²) in [6.07, 6.45) is 2.22. The van der Waals surface area contributed by atoms with Crippen LogP contribution in [0, 0.1) is 0 Å². The average molecular weight is 481 g/mol. The van der Waals surface area contributed by atoms with Gasteiger partial charge in [-0.1, -0.05) is 23.7 Å². The molecule has 2 N–H and O–H groups in total. The van der Waals surface area contributed by atoms with Crippen LogP contribution >= 0.6 is 22.9 Å². The highest BCUT2D eigenvalue weighted by atomic mass is 35.5. The molecule has 0 unspecified atom stereocenters. The van der Waals surface area contributed by atoms with E-state index in [0.717, 1.165) is 33.1 Å². The van der Waals surface area contributed by atoms with Gasteiger partial charge in [-0.2, -0.15) is 0 Å². The van der Waals surface area contributed by atoms with Gasteiger partial charge >= 0.3 is 5.95 Å². The SMILES string of the molecule is CN(C)c1[nH]c2ccc(-n3cnc4cc(-c5ccc(Cl)cc5)sc4c3=O)cc2[n+]1CCCO. The van der Waals surface area contributed by atoms with Crippen LogP contribution in [0.3, 0.4) is 0 Å². The van der Waals surface area contributed by atoms with E-state index in [1.807, 2.05) is 67.5 Å². The summed E-state index contributed by atoms with van der Waals surface area (Å²) in [5.41, 5.74) is 4.25. The number of aryl methyl sites for hydroxylation is 1. The Bertz CT molecular complexity index is 1520. The highest BCUT2D eigenvalue weighted by Crippen LogP contribution is 2.31. The maximum atomic E-state index is 13.4. The minimum absolute atomic E-state index is 0.102. The molecule has 33 heavy (non-hydrogen) atoms. The molecule has 0 bridgehead atoms. The van der Waals surface area contributed by atoms with Crippen molar-refractivity contribution in [3.63, 3.8) is 0 Å². The Morgan fingerprint density at radius 1 is 1.18 bits per heavy atom. The van der Waals surface area contributed by atoms with E-state index >= 15 is 0 Å². The van der Waals surface area contributed by atoms with Crippen LogP contribution in [0.4, 0.5) is 5.95 Å². The highest BCUT2D eigenvalue weighted by molar-refractivity contribution is 7.22. The van der Waals surface area contributed by atoms with Gasteiger partial charge in [-0.3, -0.25) is 14.3 Å². The number of nitrogens with zero attached hydrogens (tertiary/aromatic N) is 4. The summed E-state index contributed by atoms with van der Waals surface area (Å²) in [5, 5.41) is 10.0. The smallest absolute Gasteiger partial charge is 0.357 e. The molecule has 168 valence electrons. The predicted molar refractivity (Wildman–Crippen MR) is 134 cm³/mol. The maximum Gasteiger partial charge on any atom is 0.357 e. The number of thiophene rings is 1. The van der Waals surface area contributed by atoms with Crippen molar-refractivity contribution in [2.24, 2.45) is 0 Å². The monoisotopic (exact) mass is 480 g/mol. The Hall–Kier alpha value is -3.20. The Morgan fingerprint density at radius 2 is 1.97 bits per heavy atom. The zero-order valence-corrected chi connectivity index (χ0v) is 19.8. The number of fused-ring (bicyclic) bond motifs is 2. The van der Waals surface area contributed by atoms with Crippen LogP contribution in [0.2, 0.25) is 5.02 Å². The zero-order valence-electron chi connectivity index (χ0n) is 18.2. The van der Waals surface area contributed by atoms with Crippen LogP contribution in [0.15, 0.2) is 59.7 Å². The number of aliphatic hydroxyl groups is 1. The van der Waals surface area contributed by atoms with Crippen LogP contribution in [0.5, 0.6) is 0 Å². The lowest BCUT2D eigenvalue weighted by Crippen LogP contribution is -2.39. The van der Waals surface area contributed by atoms with Crippen molar-refractivity contribution < 1.29 is 9.67 Å². The number of rotatable bonds is 6. The normalized spacial score (nSPS) is 11.5. The maximum absolute atomic E-state index is 13.4. The fourth-order valence-corrected chi connectivity index (χ4v) is 5.13. The van der Waals surface area contributed by atoms with E-state index in [2.05, 4.69) is 14.5 Å². The van der Waals surface area contributed by atoms with E-state index in [1.165, 1.54) is 11.3 Å². The van der Waals surface area contributed by atoms with E-state index in [9.17, 15) is 9.90 Å². The van der Waals surface area contributed by atoms with Crippen molar-refractivity contribution in [2.75, 3.05) is 25.6 Å². The molecule has 0 saturated carbocycles. The quantitative estimate of drug-likeness (QED) is 0.360. The number of hydrogen-bond donors (Lipinski definition) is 2. The molecule has 0 amide bonds. The molecule has 3 aromatic heterocycles. The minimum atomic E-state index is -0.102. The summed E-state index contributed by atoms with van der Waals surface area (Å²) < 4.78 is 4.32. The molecule has 7 nitrogen and oxygen atoms in total. The predicted octanol–water partition coefficient (Wildman–Crippen LogP) is 3.98. The number of nitrogens with one attached hydrogen (secondary N) is 1. The van der Waals surface area contributed by atoms with Crippen molar-refractivity contribution in [1.82, 2.24) is 14.5 Å². The molecule has 0 aliphatic rings. The fraction of sp³-hybridized carbons (Fsp3) is 0.208. The summed E-state index contributed by atoms with van der Waals surface area (Å²) in [6.45, 7) is 0.773. The number of benzene rings is 2. The number of halogens is 1. The number of aliphatic hydroxyl groups excluding tert-OH is 1. The molecule has 5 aromatic rings. The largest absolute Gasteiger partial charge is 0.396 e. The molecule has 0 atom stereocenters. The van der Waals surface area contributed by atoms with Crippen LogP contribution in [0.25, 0.3) is 37.4 Å². The number of aromatic amines is 1. The fourth-order valence-electron chi connectivity index (χ4n) is 3.96. The molecule has 0 radical (unpaired) electrons. The number of hydrogen-bond acceptors (Lipinski definition) is 5. The van der Waals surface area contributed by atoms with Crippen molar-refractivity contribution in [2.45, 2.75) is 13.0 Å². The van der Waals surface area contributed by atoms with E-state index in [0.29, 0.717) is 28.2 Å². The first-order valence-corrected chi connectivity index (χ1v) is 11.8. The molecule has 0 spiro atoms. The molecule has 2 aromatic carbocycles. The molecule has 0 aliphatic heterocycles. The van der Waals surface area contributed by atoms with E-state index in [4.69, 9.17) is 11.6 Å². The summed E-state index contributed by atoms with van der Waals surface area (Å²) in [5.74, 6) is 0.933. The summed E-state index contributed by atoms with van der Waals surface area (Å²) >= 11 is 7.44. The van der Waals surface area contributed by atoms with Crippen molar-refractivity contribution in [3.05, 3.63) is 70.2 Å². The Balaban J connectivity index is 1.62. The van der Waals surface area contributed by atoms with Gasteiger partial charge in [-0.15, -0.1) is 11.3 Å². The van der Waals surface area contributed by atoms with E-state index in [-0.39, 0.29) is 12.2 Å². The lowest BCUT2D eigenvalue weighted by atomic mass is 10.2. The molecule has 0 saturated heterocycles. The third kappa shape index (κ3) is 3.90. The van der Waals surface area contributed by atoms with Gasteiger partial charge in [0, 0.05) is 29.0 Å². The number of anilines is 1. The van der Waals surface area contributed by atoms with Crippen LogP contribution < -0.4 is 15.0 Å². The third-order valence-corrected chi connectivity index (χ3v) is 7.00. The van der Waals surface area contributed by atoms with Gasteiger partial charge in [-0.05, 0) is 35.9 Å². The van der Waals surface area contributed by atoms with Gasteiger partial charge in [0.15, 0.2) is 0 Å². The number of aromatic nitrogens is 4. The van der Waals surface area contributed by atoms with Gasteiger partial charge in [0.2, 0.25) is 0 Å². The second kappa shape index (κ2) is 8.62. The van der Waals surface area contributed by atoms with Gasteiger partial charge < -0.3 is 5.11 Å². The molecular formula is C24H23ClN5O2S+. The number of H-pyrrole nitrogens is 1. The standard InChI is InChI=1S/C24H22ClN5O2S/c1-28(2)24-27-18-9-8-17(12-20(18)29(24)10-3-11-31)30-14-26-19-13-21(33-22(19)23(30)32)15-4-6-16(25)7-5-15/h4-9,12-14,31H,3,10-11H2,1-2H3/p+1. The van der Waals surface area contributed by atoms with Crippen molar-refractivity contribution >= 4 is 50.1 Å². The van der Waals surface area contributed by atoms with E-state index in [1.54, 1.807) is 10.9 Å². The first-order chi connectivity index (χ1) is 16.0. The minimum Gasteiger partial charge on any atom is -0.396 e. The Morgan fingerprint density at radius 3 is 2.70 bits per heavy atom. The number of imidazole rings is 1.